The van der Waals surface area contributed by atoms with Crippen LogP contribution < -0.4 is 4.90 Å². The quantitative estimate of drug-likeness (QED) is 0.868. The van der Waals surface area contributed by atoms with Crippen molar-refractivity contribution in [3.05, 3.63) is 40.9 Å². The van der Waals surface area contributed by atoms with Crippen LogP contribution >= 0.6 is 15.9 Å². The number of rotatable bonds is 3. The Labute approximate surface area is 118 Å². The van der Waals surface area contributed by atoms with E-state index in [0.29, 0.717) is 11.3 Å². The fourth-order valence-electron chi connectivity index (χ4n) is 2.02. The van der Waals surface area contributed by atoms with Crippen LogP contribution in [0.25, 0.3) is 0 Å². The minimum Gasteiger partial charge on any atom is -0.481 e. The highest BCUT2D eigenvalue weighted by Crippen LogP contribution is 2.38. The van der Waals surface area contributed by atoms with Crippen LogP contribution in [-0.2, 0) is 9.53 Å². The average molecular weight is 326 g/mol. The molecule has 100 valence electrons. The van der Waals surface area contributed by atoms with Gasteiger partial charge in [-0.3, -0.25) is 9.69 Å². The van der Waals surface area contributed by atoms with Gasteiger partial charge in [-0.25, -0.2) is 4.79 Å². The summed E-state index contributed by atoms with van der Waals surface area (Å²) in [6, 6.07) is 5.18. The predicted octanol–water partition coefficient (Wildman–Crippen LogP) is 2.76. The first kappa shape index (κ1) is 13.6. The zero-order valence-corrected chi connectivity index (χ0v) is 11.6. The number of carbonyl (C=O) groups is 2. The molecule has 5 nitrogen and oxygen atoms in total. The van der Waals surface area contributed by atoms with E-state index >= 15 is 0 Å². The van der Waals surface area contributed by atoms with E-state index in [1.165, 1.54) is 11.0 Å². The molecule has 2 rings (SSSR count). The third-order valence-corrected chi connectivity index (χ3v) is 3.36. The molecule has 0 fully saturated rings. The highest BCUT2D eigenvalue weighted by Gasteiger charge is 2.37. The van der Waals surface area contributed by atoms with Crippen LogP contribution in [-0.4, -0.2) is 30.3 Å². The van der Waals surface area contributed by atoms with Crippen molar-refractivity contribution < 1.29 is 19.4 Å². The predicted molar refractivity (Wildman–Crippen MR) is 73.4 cm³/mol. The van der Waals surface area contributed by atoms with E-state index in [0.717, 1.165) is 4.47 Å². The Balaban J connectivity index is 2.33. The van der Waals surface area contributed by atoms with Crippen LogP contribution in [0.5, 0.6) is 0 Å². The largest absolute Gasteiger partial charge is 0.481 e. The molecule has 1 aromatic carbocycles. The molecule has 1 heterocycles. The first-order valence-corrected chi connectivity index (χ1v) is 6.41. The van der Waals surface area contributed by atoms with Gasteiger partial charge in [0.25, 0.3) is 0 Å². The van der Waals surface area contributed by atoms with Crippen LogP contribution in [0.3, 0.4) is 0 Å². The van der Waals surface area contributed by atoms with Gasteiger partial charge in [0.15, 0.2) is 0 Å². The number of carboxylic acid groups (broad SMARTS) is 1. The Hall–Kier alpha value is -1.82. The summed E-state index contributed by atoms with van der Waals surface area (Å²) in [4.78, 5) is 24.5. The number of aliphatic carboxylic acids is 1. The maximum Gasteiger partial charge on any atom is 0.414 e. The summed E-state index contributed by atoms with van der Waals surface area (Å²) >= 11 is 3.30. The second kappa shape index (κ2) is 5.44. The molecule has 0 aromatic heterocycles. The number of fused-ring (bicyclic) bond motifs is 1. The number of benzene rings is 1. The van der Waals surface area contributed by atoms with Crippen molar-refractivity contribution in [2.24, 2.45) is 0 Å². The number of nitrogens with zero attached hydrogens (tertiary/aromatic N) is 1. The van der Waals surface area contributed by atoms with E-state index in [2.05, 4.69) is 22.5 Å². The first-order chi connectivity index (χ1) is 9.04. The van der Waals surface area contributed by atoms with Crippen molar-refractivity contribution in [1.29, 1.82) is 0 Å². The Morgan fingerprint density at radius 1 is 1.58 bits per heavy atom. The molecule has 1 aliphatic heterocycles. The SMILES string of the molecule is C=CCOC(=O)N1CC(C(=O)O)c2cc(Br)ccc21. The summed E-state index contributed by atoms with van der Waals surface area (Å²) in [6.45, 7) is 3.64. The first-order valence-electron chi connectivity index (χ1n) is 5.62. The maximum absolute atomic E-state index is 11.9. The number of halogens is 1. The van der Waals surface area contributed by atoms with E-state index < -0.39 is 18.0 Å². The summed E-state index contributed by atoms with van der Waals surface area (Å²) in [5.74, 6) is -1.69. The molecule has 1 aromatic rings. The number of amides is 1. The minimum atomic E-state index is -0.960. The van der Waals surface area contributed by atoms with E-state index in [4.69, 9.17) is 4.74 Å². The van der Waals surface area contributed by atoms with Gasteiger partial charge in [0.1, 0.15) is 12.5 Å². The molecule has 0 spiro atoms. The Bertz CT molecular complexity index is 543. The molecule has 0 saturated heterocycles. The lowest BCUT2D eigenvalue weighted by atomic mass is 10.0. The highest BCUT2D eigenvalue weighted by molar-refractivity contribution is 9.10. The molecule has 1 amide bonds. The minimum absolute atomic E-state index is 0.0805. The van der Waals surface area contributed by atoms with Gasteiger partial charge in [0.2, 0.25) is 0 Å². The molecular formula is C13H12BrNO4. The van der Waals surface area contributed by atoms with Crippen LogP contribution in [0.4, 0.5) is 10.5 Å². The van der Waals surface area contributed by atoms with Crippen molar-refractivity contribution in [2.75, 3.05) is 18.1 Å². The fraction of sp³-hybridized carbons (Fsp3) is 0.231. The van der Waals surface area contributed by atoms with E-state index in [-0.39, 0.29) is 13.2 Å². The number of hydrogen-bond acceptors (Lipinski definition) is 3. The summed E-state index contributed by atoms with van der Waals surface area (Å²) in [5.41, 5.74) is 1.18. The fourth-order valence-corrected chi connectivity index (χ4v) is 2.40. The van der Waals surface area contributed by atoms with E-state index in [1.807, 2.05) is 0 Å². The summed E-state index contributed by atoms with van der Waals surface area (Å²) < 4.78 is 5.73. The Morgan fingerprint density at radius 3 is 2.95 bits per heavy atom. The standard InChI is InChI=1S/C13H12BrNO4/c1-2-5-19-13(18)15-7-10(12(16)17)9-6-8(14)3-4-11(9)15/h2-4,6,10H,1,5,7H2,(H,16,17). The molecule has 1 N–H and O–H groups in total. The molecule has 1 unspecified atom stereocenters. The average Bonchev–Trinajstić information content (AvgIpc) is 2.74. The molecule has 1 atom stereocenters. The van der Waals surface area contributed by atoms with Crippen LogP contribution in [0.1, 0.15) is 11.5 Å². The van der Waals surface area contributed by atoms with Crippen LogP contribution in [0, 0.1) is 0 Å². The van der Waals surface area contributed by atoms with Gasteiger partial charge in [-0.1, -0.05) is 28.6 Å². The Morgan fingerprint density at radius 2 is 2.32 bits per heavy atom. The smallest absolute Gasteiger partial charge is 0.414 e. The van der Waals surface area contributed by atoms with Gasteiger partial charge >= 0.3 is 12.1 Å². The molecular weight excluding hydrogens is 314 g/mol. The molecule has 19 heavy (non-hydrogen) atoms. The molecule has 0 aliphatic carbocycles. The second-order valence-electron chi connectivity index (χ2n) is 4.07. The van der Waals surface area contributed by atoms with Gasteiger partial charge in [0, 0.05) is 11.0 Å². The number of ether oxygens (including phenoxy) is 1. The lowest BCUT2D eigenvalue weighted by Crippen LogP contribution is -2.31. The Kier molecular flexibility index (Phi) is 3.90. The third kappa shape index (κ3) is 2.63. The molecule has 0 radical (unpaired) electrons. The second-order valence-corrected chi connectivity index (χ2v) is 4.99. The zero-order chi connectivity index (χ0) is 14.0. The molecule has 0 saturated carbocycles. The van der Waals surface area contributed by atoms with Crippen molar-refractivity contribution in [2.45, 2.75) is 5.92 Å². The molecule has 0 bridgehead atoms. The van der Waals surface area contributed by atoms with Crippen LogP contribution in [0.2, 0.25) is 0 Å². The summed E-state index contributed by atoms with van der Waals surface area (Å²) in [6.07, 6.45) is 0.901. The summed E-state index contributed by atoms with van der Waals surface area (Å²) in [5, 5.41) is 9.22. The lowest BCUT2D eigenvalue weighted by Gasteiger charge is -2.16. The topological polar surface area (TPSA) is 66.8 Å². The van der Waals surface area contributed by atoms with E-state index in [1.54, 1.807) is 18.2 Å². The number of carbonyl (C=O) groups excluding carboxylic acids is 1. The van der Waals surface area contributed by atoms with Crippen molar-refractivity contribution in [1.82, 2.24) is 0 Å². The molecule has 1 aliphatic rings. The van der Waals surface area contributed by atoms with Gasteiger partial charge in [-0.2, -0.15) is 0 Å². The van der Waals surface area contributed by atoms with E-state index in [9.17, 15) is 14.7 Å². The summed E-state index contributed by atoms with van der Waals surface area (Å²) in [7, 11) is 0. The molecule has 6 heteroatoms. The number of anilines is 1. The van der Waals surface area contributed by atoms with Gasteiger partial charge in [0.05, 0.1) is 5.69 Å². The van der Waals surface area contributed by atoms with Crippen LogP contribution in [0.15, 0.2) is 35.3 Å². The van der Waals surface area contributed by atoms with Gasteiger partial charge in [-0.05, 0) is 23.8 Å². The lowest BCUT2D eigenvalue weighted by molar-refractivity contribution is -0.138. The van der Waals surface area contributed by atoms with Crippen molar-refractivity contribution in [3.8, 4) is 0 Å². The van der Waals surface area contributed by atoms with Gasteiger partial charge in [-0.15, -0.1) is 0 Å². The van der Waals surface area contributed by atoms with Gasteiger partial charge < -0.3 is 9.84 Å². The highest BCUT2D eigenvalue weighted by atomic mass is 79.9. The maximum atomic E-state index is 11.9. The van der Waals surface area contributed by atoms with Crippen molar-refractivity contribution in [3.63, 3.8) is 0 Å². The number of carboxylic acids is 1. The zero-order valence-electron chi connectivity index (χ0n) is 10.0. The van der Waals surface area contributed by atoms with Crippen molar-refractivity contribution >= 4 is 33.7 Å². The normalized spacial score (nSPS) is 16.9. The third-order valence-electron chi connectivity index (χ3n) is 2.86. The number of hydrogen-bond donors (Lipinski definition) is 1. The monoisotopic (exact) mass is 325 g/mol.